The van der Waals surface area contributed by atoms with Crippen molar-refractivity contribution in [1.82, 2.24) is 9.97 Å². The van der Waals surface area contributed by atoms with Gasteiger partial charge in [0.2, 0.25) is 0 Å². The predicted molar refractivity (Wildman–Crippen MR) is 79.9 cm³/mol. The molecule has 0 spiro atoms. The van der Waals surface area contributed by atoms with Gasteiger partial charge in [0.1, 0.15) is 11.9 Å². The maximum atomic E-state index is 5.92. The molecule has 1 aromatic rings. The second-order valence-corrected chi connectivity index (χ2v) is 5.98. The highest BCUT2D eigenvalue weighted by Gasteiger charge is 2.35. The second kappa shape index (κ2) is 6.08. The molecular weight excluding hydrogens is 250 g/mol. The van der Waals surface area contributed by atoms with Gasteiger partial charge in [0.25, 0.3) is 0 Å². The van der Waals surface area contributed by atoms with Crippen molar-refractivity contribution < 1.29 is 4.74 Å². The molecule has 1 unspecified atom stereocenters. The first kappa shape index (κ1) is 13.8. The topological polar surface area (TPSA) is 47.0 Å². The van der Waals surface area contributed by atoms with E-state index in [-0.39, 0.29) is 6.10 Å². The van der Waals surface area contributed by atoms with E-state index in [1.165, 1.54) is 44.2 Å². The van der Waals surface area contributed by atoms with Crippen molar-refractivity contribution in [2.75, 3.05) is 19.0 Å². The van der Waals surface area contributed by atoms with Crippen molar-refractivity contribution in [3.8, 4) is 0 Å². The molecule has 0 amide bonds. The zero-order valence-electron chi connectivity index (χ0n) is 12.6. The average molecular weight is 275 g/mol. The summed E-state index contributed by atoms with van der Waals surface area (Å²) in [6.07, 6.45) is 7.78. The highest BCUT2D eigenvalue weighted by Crippen LogP contribution is 2.43. The van der Waals surface area contributed by atoms with Crippen LogP contribution in [0.1, 0.15) is 69.0 Å². The van der Waals surface area contributed by atoms with Crippen LogP contribution in [0.4, 0.5) is 5.82 Å². The van der Waals surface area contributed by atoms with Crippen LogP contribution in [-0.4, -0.2) is 23.6 Å². The van der Waals surface area contributed by atoms with Gasteiger partial charge < -0.3 is 10.1 Å². The number of hydrogen-bond donors (Lipinski definition) is 1. The van der Waals surface area contributed by atoms with E-state index in [1.807, 2.05) is 7.05 Å². The monoisotopic (exact) mass is 275 g/mol. The molecule has 1 aromatic heterocycles. The maximum Gasteiger partial charge on any atom is 0.160 e. The Morgan fingerprint density at radius 2 is 2.00 bits per heavy atom. The van der Waals surface area contributed by atoms with E-state index >= 15 is 0 Å². The van der Waals surface area contributed by atoms with E-state index in [9.17, 15) is 0 Å². The van der Waals surface area contributed by atoms with Gasteiger partial charge in [-0.25, -0.2) is 9.97 Å². The van der Waals surface area contributed by atoms with E-state index in [2.05, 4.69) is 23.3 Å². The Labute approximate surface area is 121 Å². The van der Waals surface area contributed by atoms with Crippen LogP contribution in [0.3, 0.4) is 0 Å². The van der Waals surface area contributed by atoms with E-state index in [1.54, 1.807) is 0 Å². The molecule has 0 saturated heterocycles. The molecule has 2 fully saturated rings. The van der Waals surface area contributed by atoms with Crippen molar-refractivity contribution in [3.05, 3.63) is 17.6 Å². The van der Waals surface area contributed by atoms with Gasteiger partial charge >= 0.3 is 0 Å². The third-order valence-electron chi connectivity index (χ3n) is 4.44. The molecule has 0 aromatic carbocycles. The predicted octanol–water partition coefficient (Wildman–Crippen LogP) is 3.66. The van der Waals surface area contributed by atoms with Gasteiger partial charge in [0, 0.05) is 31.3 Å². The molecule has 20 heavy (non-hydrogen) atoms. The fraction of sp³-hybridized carbons (Fsp3) is 0.750. The normalized spacial score (nSPS) is 21.1. The van der Waals surface area contributed by atoms with Crippen molar-refractivity contribution >= 4 is 5.82 Å². The molecule has 0 aliphatic heterocycles. The van der Waals surface area contributed by atoms with Crippen LogP contribution in [-0.2, 0) is 4.74 Å². The number of anilines is 1. The van der Waals surface area contributed by atoms with Gasteiger partial charge in [-0.3, -0.25) is 0 Å². The quantitative estimate of drug-likeness (QED) is 0.860. The molecule has 4 heteroatoms. The number of nitrogens with one attached hydrogen (secondary N) is 1. The minimum atomic E-state index is 0.0912. The summed E-state index contributed by atoms with van der Waals surface area (Å²) in [5.41, 5.74) is 1.21. The summed E-state index contributed by atoms with van der Waals surface area (Å²) < 4.78 is 5.92. The average Bonchev–Trinajstić information content (AvgIpc) is 3.17. The van der Waals surface area contributed by atoms with Crippen molar-refractivity contribution in [3.63, 3.8) is 0 Å². The Balaban J connectivity index is 1.89. The summed E-state index contributed by atoms with van der Waals surface area (Å²) in [6.45, 7) is 2.78. The van der Waals surface area contributed by atoms with Crippen LogP contribution in [0.25, 0.3) is 0 Å². The lowest BCUT2D eigenvalue weighted by atomic mass is 10.0. The zero-order chi connectivity index (χ0) is 13.9. The molecule has 1 heterocycles. The number of rotatable bonds is 6. The van der Waals surface area contributed by atoms with Gasteiger partial charge in [0.15, 0.2) is 5.82 Å². The highest BCUT2D eigenvalue weighted by molar-refractivity contribution is 5.37. The van der Waals surface area contributed by atoms with Crippen LogP contribution < -0.4 is 5.32 Å². The number of aromatic nitrogens is 2. The fourth-order valence-electron chi connectivity index (χ4n) is 3.17. The van der Waals surface area contributed by atoms with Gasteiger partial charge in [-0.2, -0.15) is 0 Å². The summed E-state index contributed by atoms with van der Waals surface area (Å²) in [4.78, 5) is 9.52. The number of nitrogens with zero attached hydrogens (tertiary/aromatic N) is 2. The molecule has 1 N–H and O–H groups in total. The molecular formula is C16H25N3O. The minimum Gasteiger partial charge on any atom is -0.373 e. The standard InChI is InChI=1S/C16H25N3O/c1-3-20-15(12-8-9-12)16-18-13(10-14(17-2)19-16)11-6-4-5-7-11/h10-12,15H,3-9H2,1-2H3,(H,17,18,19). The largest absolute Gasteiger partial charge is 0.373 e. The van der Waals surface area contributed by atoms with E-state index in [4.69, 9.17) is 9.72 Å². The third-order valence-corrected chi connectivity index (χ3v) is 4.44. The fourth-order valence-corrected chi connectivity index (χ4v) is 3.17. The van der Waals surface area contributed by atoms with Crippen LogP contribution in [0.2, 0.25) is 0 Å². The lowest BCUT2D eigenvalue weighted by molar-refractivity contribution is 0.0399. The van der Waals surface area contributed by atoms with Crippen LogP contribution in [0, 0.1) is 5.92 Å². The molecule has 3 rings (SSSR count). The lowest BCUT2D eigenvalue weighted by Gasteiger charge is -2.18. The molecule has 2 saturated carbocycles. The molecule has 0 radical (unpaired) electrons. The first-order valence-corrected chi connectivity index (χ1v) is 8.00. The minimum absolute atomic E-state index is 0.0912. The summed E-state index contributed by atoms with van der Waals surface area (Å²) in [6, 6.07) is 2.12. The smallest absolute Gasteiger partial charge is 0.160 e. The number of ether oxygens (including phenoxy) is 1. The van der Waals surface area contributed by atoms with E-state index < -0.39 is 0 Å². The first-order chi connectivity index (χ1) is 9.81. The van der Waals surface area contributed by atoms with Gasteiger partial charge in [0.05, 0.1) is 0 Å². The van der Waals surface area contributed by atoms with Crippen molar-refractivity contribution in [2.24, 2.45) is 5.92 Å². The number of hydrogen-bond acceptors (Lipinski definition) is 4. The van der Waals surface area contributed by atoms with Crippen LogP contribution >= 0.6 is 0 Å². The Hall–Kier alpha value is -1.16. The summed E-state index contributed by atoms with van der Waals surface area (Å²) in [5, 5.41) is 3.18. The maximum absolute atomic E-state index is 5.92. The Morgan fingerprint density at radius 3 is 2.60 bits per heavy atom. The Morgan fingerprint density at radius 1 is 1.25 bits per heavy atom. The molecule has 0 bridgehead atoms. The molecule has 4 nitrogen and oxygen atoms in total. The molecule has 110 valence electrons. The second-order valence-electron chi connectivity index (χ2n) is 5.98. The van der Waals surface area contributed by atoms with Gasteiger partial charge in [-0.05, 0) is 38.5 Å². The van der Waals surface area contributed by atoms with Gasteiger partial charge in [-0.15, -0.1) is 0 Å². The molecule has 2 aliphatic carbocycles. The summed E-state index contributed by atoms with van der Waals surface area (Å²) in [5.74, 6) is 3.06. The van der Waals surface area contributed by atoms with Crippen molar-refractivity contribution in [1.29, 1.82) is 0 Å². The Kier molecular flexibility index (Phi) is 4.20. The van der Waals surface area contributed by atoms with Crippen molar-refractivity contribution in [2.45, 2.75) is 57.5 Å². The zero-order valence-corrected chi connectivity index (χ0v) is 12.6. The van der Waals surface area contributed by atoms with Crippen LogP contribution in [0.5, 0.6) is 0 Å². The first-order valence-electron chi connectivity index (χ1n) is 8.00. The van der Waals surface area contributed by atoms with E-state index in [0.29, 0.717) is 11.8 Å². The highest BCUT2D eigenvalue weighted by atomic mass is 16.5. The summed E-state index contributed by atoms with van der Waals surface area (Å²) >= 11 is 0. The molecule has 1 atom stereocenters. The Bertz CT molecular complexity index is 453. The third kappa shape index (κ3) is 2.95. The lowest BCUT2D eigenvalue weighted by Crippen LogP contribution is -2.14. The summed E-state index contributed by atoms with van der Waals surface area (Å²) in [7, 11) is 1.93. The molecule has 2 aliphatic rings. The van der Waals surface area contributed by atoms with Gasteiger partial charge in [-0.1, -0.05) is 12.8 Å². The SMILES string of the molecule is CCOC(c1nc(NC)cc(C2CCCC2)n1)C1CC1. The van der Waals surface area contributed by atoms with E-state index in [0.717, 1.165) is 18.2 Å². The van der Waals surface area contributed by atoms with Crippen LogP contribution in [0.15, 0.2) is 6.07 Å².